The van der Waals surface area contributed by atoms with Crippen LogP contribution in [0, 0.1) is 0 Å². The van der Waals surface area contributed by atoms with E-state index < -0.39 is 0 Å². The van der Waals surface area contributed by atoms with Gasteiger partial charge < -0.3 is 4.57 Å². The Hall–Kier alpha value is -1.05. The molecule has 0 aliphatic rings. The summed E-state index contributed by atoms with van der Waals surface area (Å²) in [6.07, 6.45) is 8.28. The van der Waals surface area contributed by atoms with Gasteiger partial charge in [0.1, 0.15) is 1.37 Å². The number of hydrogen-bond donors (Lipinski definition) is 0. The van der Waals surface area contributed by atoms with Gasteiger partial charge in [-0.05, 0) is 18.9 Å². The highest BCUT2D eigenvalue weighted by molar-refractivity contribution is 5.43. The molecule has 12 heavy (non-hydrogen) atoms. The zero-order valence-electron chi connectivity index (χ0n) is 8.75. The number of hydrogen-bond acceptors (Lipinski definition) is 1. The van der Waals surface area contributed by atoms with Crippen LogP contribution in [0.15, 0.2) is 18.6 Å². The minimum absolute atomic E-state index is 0.359. The number of rotatable bonds is 4. The zero-order chi connectivity index (χ0) is 9.68. The van der Waals surface area contributed by atoms with Gasteiger partial charge in [0.15, 0.2) is 0 Å². The first-order valence-corrected chi connectivity index (χ1v) is 4.48. The molecule has 0 radical (unpaired) electrons. The van der Waals surface area contributed by atoms with Gasteiger partial charge in [-0.3, -0.25) is 0 Å². The van der Waals surface area contributed by atoms with Gasteiger partial charge in [-0.15, -0.1) is 0 Å². The zero-order valence-corrected chi connectivity index (χ0v) is 7.75. The highest BCUT2D eigenvalue weighted by Gasteiger charge is 1.94. The molecule has 0 N–H and O–H groups in total. The van der Waals surface area contributed by atoms with Gasteiger partial charge >= 0.3 is 0 Å². The summed E-state index contributed by atoms with van der Waals surface area (Å²) in [5, 5.41) is 0. The van der Waals surface area contributed by atoms with Crippen LogP contribution in [0.4, 0.5) is 0 Å². The lowest BCUT2D eigenvalue weighted by molar-refractivity contribution is 0.673. The molecule has 1 heterocycles. The summed E-state index contributed by atoms with van der Waals surface area (Å²) in [6, 6.07) is 0. The lowest BCUT2D eigenvalue weighted by atomic mass is 10.3. The van der Waals surface area contributed by atoms with Crippen molar-refractivity contribution in [1.29, 1.82) is 0 Å². The van der Waals surface area contributed by atoms with Crippen molar-refractivity contribution in [1.82, 2.24) is 9.55 Å². The van der Waals surface area contributed by atoms with Crippen LogP contribution in [-0.4, -0.2) is 9.55 Å². The second-order valence-corrected chi connectivity index (χ2v) is 2.75. The monoisotopic (exact) mass is 165 g/mol. The van der Waals surface area contributed by atoms with Crippen molar-refractivity contribution in [2.24, 2.45) is 0 Å². The maximum Gasteiger partial charge on any atom is 0.104 e. The van der Waals surface area contributed by atoms with Gasteiger partial charge in [0, 0.05) is 6.54 Å². The summed E-state index contributed by atoms with van der Waals surface area (Å²) in [5.74, 6) is 0. The highest BCUT2D eigenvalue weighted by atomic mass is 15.0. The van der Waals surface area contributed by atoms with E-state index in [-0.39, 0.29) is 0 Å². The Morgan fingerprint density at radius 3 is 3.17 bits per heavy atom. The van der Waals surface area contributed by atoms with Crippen LogP contribution in [0.1, 0.15) is 33.8 Å². The summed E-state index contributed by atoms with van der Waals surface area (Å²) >= 11 is 0. The van der Waals surface area contributed by atoms with E-state index in [0.717, 1.165) is 25.1 Å². The quantitative estimate of drug-likeness (QED) is 0.670. The Morgan fingerprint density at radius 1 is 1.67 bits per heavy atom. The second-order valence-electron chi connectivity index (χ2n) is 2.75. The van der Waals surface area contributed by atoms with Crippen molar-refractivity contribution in [2.75, 3.05) is 0 Å². The van der Waals surface area contributed by atoms with Crippen LogP contribution < -0.4 is 0 Å². The molecule has 66 valence electrons. The van der Waals surface area contributed by atoms with Crippen LogP contribution >= 0.6 is 0 Å². The number of aromatic nitrogens is 2. The summed E-state index contributed by atoms with van der Waals surface area (Å²) in [5.41, 5.74) is 1.04. The molecule has 0 atom stereocenters. The van der Waals surface area contributed by atoms with E-state index in [1.165, 1.54) is 0 Å². The number of nitrogens with zero attached hydrogens (tertiary/aromatic N) is 2. The molecule has 0 aliphatic heterocycles. The molecule has 2 nitrogen and oxygen atoms in total. The Labute approximate surface area is 75.3 Å². The van der Waals surface area contributed by atoms with Crippen molar-refractivity contribution in [3.05, 3.63) is 24.3 Å². The fourth-order valence-electron chi connectivity index (χ4n) is 1.07. The predicted octanol–water partition coefficient (Wildman–Crippen LogP) is 2.72. The van der Waals surface area contributed by atoms with Crippen molar-refractivity contribution >= 4 is 6.08 Å². The Morgan fingerprint density at radius 2 is 2.50 bits per heavy atom. The van der Waals surface area contributed by atoms with Crippen molar-refractivity contribution in [3.63, 3.8) is 0 Å². The fraction of sp³-hybridized carbons (Fsp3) is 0.500. The summed E-state index contributed by atoms with van der Waals surface area (Å²) in [6.45, 7) is 5.08. The van der Waals surface area contributed by atoms with Crippen molar-refractivity contribution in [2.45, 2.75) is 33.2 Å². The standard InChI is InChI=1S/C10H16N2/c1-3-5-6-10-8-11-9-12(10)7-4-2/h5-6,8-9H,3-4,7H2,1-2H3/i9D. The molecule has 0 fully saturated rings. The van der Waals surface area contributed by atoms with Gasteiger partial charge in [-0.2, -0.15) is 0 Å². The highest BCUT2D eigenvalue weighted by Crippen LogP contribution is 2.03. The maximum absolute atomic E-state index is 7.55. The smallest absolute Gasteiger partial charge is 0.104 e. The predicted molar refractivity (Wildman–Crippen MR) is 51.8 cm³/mol. The van der Waals surface area contributed by atoms with Gasteiger partial charge in [0.05, 0.1) is 18.2 Å². The summed E-state index contributed by atoms with van der Waals surface area (Å²) in [4.78, 5) is 3.97. The first-order valence-electron chi connectivity index (χ1n) is 4.98. The van der Waals surface area contributed by atoms with Crippen molar-refractivity contribution < 1.29 is 1.37 Å². The Balaban J connectivity index is 2.86. The molecule has 0 amide bonds. The Kier molecular flexibility index (Phi) is 3.01. The lowest BCUT2D eigenvalue weighted by Gasteiger charge is -2.00. The third kappa shape index (κ3) is 2.22. The van der Waals surface area contributed by atoms with Gasteiger partial charge in [0.2, 0.25) is 0 Å². The molecule has 1 aromatic rings. The Bertz CT molecular complexity index is 289. The van der Waals surface area contributed by atoms with Crippen molar-refractivity contribution in [3.8, 4) is 0 Å². The molecular weight excluding hydrogens is 148 g/mol. The average molecular weight is 165 g/mol. The molecule has 0 bridgehead atoms. The summed E-state index contributed by atoms with van der Waals surface area (Å²) < 4.78 is 9.47. The third-order valence-corrected chi connectivity index (χ3v) is 1.66. The van der Waals surface area contributed by atoms with E-state index in [2.05, 4.69) is 24.9 Å². The van der Waals surface area contributed by atoms with E-state index in [1.807, 2.05) is 10.6 Å². The maximum atomic E-state index is 7.55. The van der Waals surface area contributed by atoms with E-state index in [1.54, 1.807) is 6.20 Å². The van der Waals surface area contributed by atoms with Crippen LogP contribution in [0.3, 0.4) is 0 Å². The normalized spacial score (nSPS) is 12.3. The van der Waals surface area contributed by atoms with Crippen LogP contribution in [0.2, 0.25) is 0 Å². The van der Waals surface area contributed by atoms with E-state index in [9.17, 15) is 0 Å². The molecule has 1 aromatic heterocycles. The molecule has 1 rings (SSSR count). The largest absolute Gasteiger partial charge is 0.331 e. The third-order valence-electron chi connectivity index (χ3n) is 1.66. The molecule has 0 saturated heterocycles. The first-order chi connectivity index (χ1) is 6.29. The van der Waals surface area contributed by atoms with E-state index >= 15 is 0 Å². The molecule has 2 heteroatoms. The number of imidazole rings is 1. The molecule has 0 aromatic carbocycles. The SMILES string of the molecule is [2H]c1ncc(C=CCC)n1CCC. The first kappa shape index (κ1) is 7.59. The van der Waals surface area contributed by atoms with Crippen LogP contribution in [0.25, 0.3) is 6.08 Å². The van der Waals surface area contributed by atoms with E-state index in [4.69, 9.17) is 1.37 Å². The van der Waals surface area contributed by atoms with Gasteiger partial charge in [-0.1, -0.05) is 19.9 Å². The van der Waals surface area contributed by atoms with Gasteiger partial charge in [-0.25, -0.2) is 4.98 Å². The topological polar surface area (TPSA) is 17.8 Å². The average Bonchev–Trinajstić information content (AvgIpc) is 2.46. The summed E-state index contributed by atoms with van der Waals surface area (Å²) in [7, 11) is 0. The molecular formula is C10H16N2. The van der Waals surface area contributed by atoms with Crippen LogP contribution in [0.5, 0.6) is 0 Å². The molecule has 0 unspecified atom stereocenters. The lowest BCUT2D eigenvalue weighted by Crippen LogP contribution is -1.96. The number of allylic oxidation sites excluding steroid dienone is 1. The molecule has 0 aliphatic carbocycles. The van der Waals surface area contributed by atoms with Crippen LogP contribution in [-0.2, 0) is 6.54 Å². The minimum Gasteiger partial charge on any atom is -0.331 e. The van der Waals surface area contributed by atoms with E-state index in [0.29, 0.717) is 6.30 Å². The molecule has 0 spiro atoms. The second kappa shape index (κ2) is 4.75. The minimum atomic E-state index is 0.359. The fourth-order valence-corrected chi connectivity index (χ4v) is 1.07. The molecule has 0 saturated carbocycles. The van der Waals surface area contributed by atoms with Gasteiger partial charge in [0.25, 0.3) is 0 Å².